The Kier molecular flexibility index (Phi) is 5.31. The van der Waals surface area contributed by atoms with Crippen LogP contribution >= 0.6 is 0 Å². The van der Waals surface area contributed by atoms with Crippen LogP contribution in [-0.4, -0.2) is 50.3 Å². The van der Waals surface area contributed by atoms with Gasteiger partial charge in [0.05, 0.1) is 12.3 Å². The summed E-state index contributed by atoms with van der Waals surface area (Å²) in [5, 5.41) is 11.8. The molecule has 0 bridgehead atoms. The van der Waals surface area contributed by atoms with Crippen LogP contribution in [0.5, 0.6) is 5.75 Å². The van der Waals surface area contributed by atoms with Crippen molar-refractivity contribution < 1.29 is 19.0 Å². The number of nitrogens with one attached hydrogen (secondary N) is 1. The standard InChI is InChI=1S/C14H19FN2O3/c15-13-9-12(20-10-11(19)3-8-18)1-2-14(13)17-6-4-16-5-7-17/h1-2,9,16,18H,3-8,10H2. The summed E-state index contributed by atoms with van der Waals surface area (Å²) in [6.07, 6.45) is 0.0569. The molecule has 0 atom stereocenters. The molecule has 1 aliphatic rings. The molecule has 0 amide bonds. The van der Waals surface area contributed by atoms with E-state index in [1.807, 2.05) is 4.90 Å². The van der Waals surface area contributed by atoms with Crippen LogP contribution in [-0.2, 0) is 4.79 Å². The number of piperazine rings is 1. The smallest absolute Gasteiger partial charge is 0.172 e. The zero-order valence-corrected chi connectivity index (χ0v) is 11.3. The molecule has 110 valence electrons. The van der Waals surface area contributed by atoms with Crippen LogP contribution in [0, 0.1) is 5.82 Å². The Morgan fingerprint density at radius 3 is 2.80 bits per heavy atom. The van der Waals surface area contributed by atoms with Gasteiger partial charge in [-0.25, -0.2) is 4.39 Å². The highest BCUT2D eigenvalue weighted by atomic mass is 19.1. The summed E-state index contributed by atoms with van der Waals surface area (Å²) in [4.78, 5) is 13.2. The molecule has 1 saturated heterocycles. The first-order valence-electron chi connectivity index (χ1n) is 6.71. The minimum Gasteiger partial charge on any atom is -0.486 e. The summed E-state index contributed by atoms with van der Waals surface area (Å²) < 4.78 is 19.3. The number of Topliss-reactive ketones (excluding diaryl/α,β-unsaturated/α-hetero) is 1. The maximum atomic E-state index is 14.0. The number of anilines is 1. The molecule has 0 radical (unpaired) electrons. The van der Waals surface area contributed by atoms with Crippen molar-refractivity contribution in [2.75, 3.05) is 44.3 Å². The van der Waals surface area contributed by atoms with Gasteiger partial charge in [-0.05, 0) is 12.1 Å². The average Bonchev–Trinajstić information content (AvgIpc) is 2.46. The van der Waals surface area contributed by atoms with Gasteiger partial charge in [-0.2, -0.15) is 0 Å². The van der Waals surface area contributed by atoms with E-state index in [2.05, 4.69) is 5.32 Å². The largest absolute Gasteiger partial charge is 0.486 e. The molecule has 1 fully saturated rings. The molecule has 2 N–H and O–H groups in total. The maximum absolute atomic E-state index is 14.0. The van der Waals surface area contributed by atoms with Gasteiger partial charge in [-0.3, -0.25) is 4.79 Å². The van der Waals surface area contributed by atoms with Gasteiger partial charge in [0.2, 0.25) is 0 Å². The lowest BCUT2D eigenvalue weighted by atomic mass is 10.2. The van der Waals surface area contributed by atoms with Crippen LogP contribution in [0.3, 0.4) is 0 Å². The number of aliphatic hydroxyl groups is 1. The number of carbonyl (C=O) groups excluding carboxylic acids is 1. The van der Waals surface area contributed by atoms with Crippen LogP contribution in [0.15, 0.2) is 18.2 Å². The Morgan fingerprint density at radius 2 is 2.15 bits per heavy atom. The summed E-state index contributed by atoms with van der Waals surface area (Å²) in [5.74, 6) is -0.231. The first-order valence-corrected chi connectivity index (χ1v) is 6.71. The van der Waals surface area contributed by atoms with E-state index in [4.69, 9.17) is 9.84 Å². The van der Waals surface area contributed by atoms with E-state index in [9.17, 15) is 9.18 Å². The Balaban J connectivity index is 1.96. The number of nitrogens with zero attached hydrogens (tertiary/aromatic N) is 1. The molecule has 0 unspecified atom stereocenters. The summed E-state index contributed by atoms with van der Waals surface area (Å²) in [7, 11) is 0. The molecule has 1 aliphatic heterocycles. The van der Waals surface area contributed by atoms with E-state index in [1.54, 1.807) is 12.1 Å². The molecule has 2 rings (SSSR count). The monoisotopic (exact) mass is 282 g/mol. The van der Waals surface area contributed by atoms with Gasteiger partial charge in [-0.1, -0.05) is 0 Å². The molecule has 0 aromatic heterocycles. The van der Waals surface area contributed by atoms with Gasteiger partial charge in [-0.15, -0.1) is 0 Å². The SMILES string of the molecule is O=C(CCO)COc1ccc(N2CCNCC2)c(F)c1. The lowest BCUT2D eigenvalue weighted by Gasteiger charge is -2.29. The number of rotatable bonds is 6. The van der Waals surface area contributed by atoms with Crippen molar-refractivity contribution in [2.24, 2.45) is 0 Å². The number of hydrogen-bond acceptors (Lipinski definition) is 5. The van der Waals surface area contributed by atoms with Crippen LogP contribution < -0.4 is 15.0 Å². The highest BCUT2D eigenvalue weighted by Crippen LogP contribution is 2.24. The van der Waals surface area contributed by atoms with E-state index in [0.29, 0.717) is 11.4 Å². The third kappa shape index (κ3) is 3.91. The molecule has 1 heterocycles. The second kappa shape index (κ2) is 7.21. The third-order valence-electron chi connectivity index (χ3n) is 3.17. The summed E-state index contributed by atoms with van der Waals surface area (Å²) in [6, 6.07) is 4.63. The molecule has 0 saturated carbocycles. The number of hydrogen-bond donors (Lipinski definition) is 2. The molecule has 1 aromatic rings. The summed E-state index contributed by atoms with van der Waals surface area (Å²) >= 11 is 0. The molecule has 5 nitrogen and oxygen atoms in total. The second-order valence-electron chi connectivity index (χ2n) is 4.65. The number of benzene rings is 1. The second-order valence-corrected chi connectivity index (χ2v) is 4.65. The maximum Gasteiger partial charge on any atom is 0.172 e. The Hall–Kier alpha value is -1.66. The minimum atomic E-state index is -0.348. The van der Waals surface area contributed by atoms with Gasteiger partial charge in [0.25, 0.3) is 0 Å². The number of carbonyl (C=O) groups is 1. The van der Waals surface area contributed by atoms with Gasteiger partial charge < -0.3 is 20.1 Å². The molecular weight excluding hydrogens is 263 g/mol. The highest BCUT2D eigenvalue weighted by Gasteiger charge is 2.15. The summed E-state index contributed by atoms with van der Waals surface area (Å²) in [6.45, 7) is 2.88. The minimum absolute atomic E-state index is 0.0569. The Bertz CT molecular complexity index is 462. The normalized spacial score (nSPS) is 15.2. The zero-order valence-electron chi connectivity index (χ0n) is 11.3. The quantitative estimate of drug-likeness (QED) is 0.798. The van der Waals surface area contributed by atoms with Gasteiger partial charge >= 0.3 is 0 Å². The van der Waals surface area contributed by atoms with E-state index in [0.717, 1.165) is 26.2 Å². The van der Waals surface area contributed by atoms with E-state index < -0.39 is 0 Å². The Labute approximate surface area is 117 Å². The van der Waals surface area contributed by atoms with Crippen molar-refractivity contribution in [3.05, 3.63) is 24.0 Å². The number of aliphatic hydroxyl groups excluding tert-OH is 1. The zero-order chi connectivity index (χ0) is 14.4. The number of ether oxygens (including phenoxy) is 1. The van der Waals surface area contributed by atoms with Gasteiger partial charge in [0.1, 0.15) is 18.2 Å². The highest BCUT2D eigenvalue weighted by molar-refractivity contribution is 5.80. The van der Waals surface area contributed by atoms with Crippen LogP contribution in [0.2, 0.25) is 0 Å². The van der Waals surface area contributed by atoms with E-state index in [-0.39, 0.29) is 31.2 Å². The van der Waals surface area contributed by atoms with Crippen LogP contribution in [0.1, 0.15) is 6.42 Å². The predicted molar refractivity (Wildman–Crippen MR) is 73.7 cm³/mol. The van der Waals surface area contributed by atoms with Crippen molar-refractivity contribution in [3.63, 3.8) is 0 Å². The molecule has 1 aromatic carbocycles. The lowest BCUT2D eigenvalue weighted by Crippen LogP contribution is -2.43. The average molecular weight is 282 g/mol. The fourth-order valence-electron chi connectivity index (χ4n) is 2.10. The number of halogens is 1. The first kappa shape index (κ1) is 14.7. The van der Waals surface area contributed by atoms with Gasteiger partial charge in [0.15, 0.2) is 5.78 Å². The first-order chi connectivity index (χ1) is 9.70. The molecule has 0 spiro atoms. The van der Waals surface area contributed by atoms with Crippen molar-refractivity contribution >= 4 is 11.5 Å². The predicted octanol–water partition coefficient (Wildman–Crippen LogP) is 0.566. The van der Waals surface area contributed by atoms with E-state index in [1.165, 1.54) is 6.07 Å². The van der Waals surface area contributed by atoms with Crippen molar-refractivity contribution in [1.29, 1.82) is 0 Å². The van der Waals surface area contributed by atoms with Gasteiger partial charge in [0, 0.05) is 38.7 Å². The fraction of sp³-hybridized carbons (Fsp3) is 0.500. The van der Waals surface area contributed by atoms with Crippen LogP contribution in [0.4, 0.5) is 10.1 Å². The van der Waals surface area contributed by atoms with Crippen molar-refractivity contribution in [3.8, 4) is 5.75 Å². The molecule has 0 aliphatic carbocycles. The van der Waals surface area contributed by atoms with Crippen LogP contribution in [0.25, 0.3) is 0 Å². The fourth-order valence-corrected chi connectivity index (χ4v) is 2.10. The third-order valence-corrected chi connectivity index (χ3v) is 3.17. The molecular formula is C14H19FN2O3. The molecule has 6 heteroatoms. The summed E-state index contributed by atoms with van der Waals surface area (Å²) in [5.41, 5.74) is 0.556. The molecule has 20 heavy (non-hydrogen) atoms. The van der Waals surface area contributed by atoms with Crippen molar-refractivity contribution in [1.82, 2.24) is 5.32 Å². The number of ketones is 1. The topological polar surface area (TPSA) is 61.8 Å². The van der Waals surface area contributed by atoms with Crippen molar-refractivity contribution in [2.45, 2.75) is 6.42 Å². The lowest BCUT2D eigenvalue weighted by molar-refractivity contribution is -0.121. The van der Waals surface area contributed by atoms with E-state index >= 15 is 0 Å². The Morgan fingerprint density at radius 1 is 1.40 bits per heavy atom.